The van der Waals surface area contributed by atoms with Crippen LogP contribution in [0.15, 0.2) is 53.7 Å². The number of nitriles is 1. The van der Waals surface area contributed by atoms with Crippen LogP contribution in [-0.2, 0) is 11.4 Å². The summed E-state index contributed by atoms with van der Waals surface area (Å²) in [5, 5.41) is 13.1. The molecule has 2 rings (SSSR count). The lowest BCUT2D eigenvalue weighted by Crippen LogP contribution is -1.88. The van der Waals surface area contributed by atoms with Crippen molar-refractivity contribution in [3.63, 3.8) is 0 Å². The molecule has 0 heterocycles. The molecule has 0 unspecified atom stereocenters. The zero-order valence-electron chi connectivity index (χ0n) is 10.0. The Labute approximate surface area is 116 Å². The van der Waals surface area contributed by atoms with Crippen LogP contribution in [0.3, 0.4) is 0 Å². The second-order valence-corrected chi connectivity index (χ2v) is 4.23. The molecule has 0 aliphatic heterocycles. The van der Waals surface area contributed by atoms with E-state index in [-0.39, 0.29) is 0 Å². The van der Waals surface area contributed by atoms with Crippen molar-refractivity contribution < 1.29 is 4.84 Å². The zero-order valence-corrected chi connectivity index (χ0v) is 10.8. The Morgan fingerprint density at radius 2 is 1.84 bits per heavy atom. The molecular formula is C15H10ClN2O. The van der Waals surface area contributed by atoms with Gasteiger partial charge < -0.3 is 4.84 Å². The SMILES string of the molecule is N#Cc1ccc(/[C]=N\OCc2cccc(Cl)c2)cc1. The average Bonchev–Trinajstić information content (AvgIpc) is 2.44. The van der Waals surface area contributed by atoms with Gasteiger partial charge in [0.1, 0.15) is 12.8 Å². The van der Waals surface area contributed by atoms with E-state index in [2.05, 4.69) is 11.4 Å². The molecule has 2 aromatic carbocycles. The lowest BCUT2D eigenvalue weighted by molar-refractivity contribution is 0.132. The minimum absolute atomic E-state index is 0.337. The van der Waals surface area contributed by atoms with E-state index in [0.29, 0.717) is 17.2 Å². The lowest BCUT2D eigenvalue weighted by atomic mass is 10.2. The summed E-state index contributed by atoms with van der Waals surface area (Å²) >= 11 is 5.85. The summed E-state index contributed by atoms with van der Waals surface area (Å²) in [6, 6.07) is 16.3. The molecule has 0 fully saturated rings. The van der Waals surface area contributed by atoms with Crippen LogP contribution in [0.2, 0.25) is 5.02 Å². The first-order valence-corrected chi connectivity index (χ1v) is 5.98. The molecule has 0 bridgehead atoms. The van der Waals surface area contributed by atoms with E-state index < -0.39 is 0 Å². The Morgan fingerprint density at radius 3 is 2.53 bits per heavy atom. The number of rotatable bonds is 4. The smallest absolute Gasteiger partial charge is 0.142 e. The topological polar surface area (TPSA) is 45.4 Å². The molecule has 0 aliphatic carbocycles. The highest BCUT2D eigenvalue weighted by molar-refractivity contribution is 6.30. The van der Waals surface area contributed by atoms with Crippen molar-refractivity contribution in [1.29, 1.82) is 5.26 Å². The van der Waals surface area contributed by atoms with Gasteiger partial charge in [-0.05, 0) is 29.8 Å². The van der Waals surface area contributed by atoms with E-state index >= 15 is 0 Å². The molecular weight excluding hydrogens is 260 g/mol. The lowest BCUT2D eigenvalue weighted by Gasteiger charge is -1.99. The van der Waals surface area contributed by atoms with Gasteiger partial charge in [-0.2, -0.15) is 5.26 Å². The molecule has 0 atom stereocenters. The van der Waals surface area contributed by atoms with Crippen LogP contribution in [0.25, 0.3) is 0 Å². The Bertz CT molecular complexity index is 615. The van der Waals surface area contributed by atoms with Gasteiger partial charge in [-0.15, -0.1) is 0 Å². The Morgan fingerprint density at radius 1 is 1.11 bits per heavy atom. The van der Waals surface area contributed by atoms with Gasteiger partial charge in [-0.25, -0.2) is 0 Å². The molecule has 0 amide bonds. The number of hydrogen-bond acceptors (Lipinski definition) is 3. The largest absolute Gasteiger partial charge is 0.390 e. The third-order valence-electron chi connectivity index (χ3n) is 2.37. The van der Waals surface area contributed by atoms with E-state index in [4.69, 9.17) is 21.7 Å². The fourth-order valence-corrected chi connectivity index (χ4v) is 1.65. The van der Waals surface area contributed by atoms with Gasteiger partial charge in [0.05, 0.1) is 11.6 Å². The fourth-order valence-electron chi connectivity index (χ4n) is 1.44. The molecule has 0 saturated heterocycles. The molecule has 19 heavy (non-hydrogen) atoms. The normalized spacial score (nSPS) is 10.3. The summed E-state index contributed by atoms with van der Waals surface area (Å²) in [5.41, 5.74) is 2.30. The standard InChI is InChI=1S/C15H10ClN2O/c16-15-3-1-2-14(8-15)11-19-18-10-13-6-4-12(9-17)5-7-13/h1-8H,11H2. The van der Waals surface area contributed by atoms with Gasteiger partial charge in [0, 0.05) is 10.6 Å². The van der Waals surface area contributed by atoms with E-state index in [1.807, 2.05) is 24.3 Å². The maximum Gasteiger partial charge on any atom is 0.142 e. The molecule has 1 radical (unpaired) electrons. The first-order valence-electron chi connectivity index (χ1n) is 5.60. The van der Waals surface area contributed by atoms with Gasteiger partial charge in [0.15, 0.2) is 0 Å². The molecule has 0 saturated carbocycles. The third kappa shape index (κ3) is 4.13. The molecule has 93 valence electrons. The summed E-state index contributed by atoms with van der Waals surface area (Å²) < 4.78 is 0. The van der Waals surface area contributed by atoms with Crippen molar-refractivity contribution in [2.45, 2.75) is 6.61 Å². The number of benzene rings is 2. The second kappa shape index (κ2) is 6.58. The second-order valence-electron chi connectivity index (χ2n) is 3.80. The van der Waals surface area contributed by atoms with E-state index in [1.54, 1.807) is 30.3 Å². The maximum absolute atomic E-state index is 8.66. The number of nitrogens with zero attached hydrogens (tertiary/aromatic N) is 2. The van der Waals surface area contributed by atoms with Gasteiger partial charge >= 0.3 is 0 Å². The fraction of sp³-hybridized carbons (Fsp3) is 0.0667. The highest BCUT2D eigenvalue weighted by atomic mass is 35.5. The van der Waals surface area contributed by atoms with Crippen molar-refractivity contribution >= 4 is 17.8 Å². The summed E-state index contributed by atoms with van der Waals surface area (Å²) in [6.07, 6.45) is 2.74. The van der Waals surface area contributed by atoms with Crippen molar-refractivity contribution in [3.8, 4) is 6.07 Å². The van der Waals surface area contributed by atoms with Gasteiger partial charge in [-0.1, -0.05) is 41.0 Å². The molecule has 2 aromatic rings. The highest BCUT2D eigenvalue weighted by Gasteiger charge is 1.94. The van der Waals surface area contributed by atoms with E-state index in [9.17, 15) is 0 Å². The summed E-state index contributed by atoms with van der Waals surface area (Å²) in [6.45, 7) is 0.337. The average molecular weight is 270 g/mol. The van der Waals surface area contributed by atoms with Gasteiger partial charge in [-0.3, -0.25) is 0 Å². The van der Waals surface area contributed by atoms with Crippen LogP contribution in [0, 0.1) is 11.3 Å². The molecule has 0 N–H and O–H groups in total. The number of halogens is 1. The van der Waals surface area contributed by atoms with Gasteiger partial charge in [0.25, 0.3) is 0 Å². The number of hydrogen-bond donors (Lipinski definition) is 0. The van der Waals surface area contributed by atoms with Crippen LogP contribution >= 0.6 is 11.6 Å². The Hall–Kier alpha value is -2.31. The summed E-state index contributed by atoms with van der Waals surface area (Å²) in [4.78, 5) is 5.13. The van der Waals surface area contributed by atoms with Crippen LogP contribution < -0.4 is 0 Å². The summed E-state index contributed by atoms with van der Waals surface area (Å²) in [7, 11) is 0. The highest BCUT2D eigenvalue weighted by Crippen LogP contribution is 2.11. The Balaban J connectivity index is 1.88. The van der Waals surface area contributed by atoms with Gasteiger partial charge in [0.2, 0.25) is 0 Å². The molecule has 3 nitrogen and oxygen atoms in total. The molecule has 4 heteroatoms. The van der Waals surface area contributed by atoms with Crippen molar-refractivity contribution in [2.24, 2.45) is 5.16 Å². The van der Waals surface area contributed by atoms with Crippen molar-refractivity contribution in [1.82, 2.24) is 0 Å². The van der Waals surface area contributed by atoms with E-state index in [1.165, 1.54) is 0 Å². The minimum atomic E-state index is 0.337. The third-order valence-corrected chi connectivity index (χ3v) is 2.61. The van der Waals surface area contributed by atoms with Crippen LogP contribution in [0.5, 0.6) is 0 Å². The minimum Gasteiger partial charge on any atom is -0.390 e. The van der Waals surface area contributed by atoms with Crippen LogP contribution in [0.4, 0.5) is 0 Å². The molecule has 0 aromatic heterocycles. The first-order chi connectivity index (χ1) is 9.28. The van der Waals surface area contributed by atoms with E-state index in [0.717, 1.165) is 11.1 Å². The van der Waals surface area contributed by atoms with Crippen LogP contribution in [-0.4, -0.2) is 6.21 Å². The molecule has 0 aliphatic rings. The quantitative estimate of drug-likeness (QED) is 0.628. The van der Waals surface area contributed by atoms with Crippen LogP contribution in [0.1, 0.15) is 16.7 Å². The van der Waals surface area contributed by atoms with Crippen molar-refractivity contribution in [2.75, 3.05) is 0 Å². The maximum atomic E-state index is 8.66. The monoisotopic (exact) mass is 269 g/mol. The molecule has 0 spiro atoms. The predicted molar refractivity (Wildman–Crippen MR) is 73.9 cm³/mol. The zero-order chi connectivity index (χ0) is 13.5. The van der Waals surface area contributed by atoms with Crippen molar-refractivity contribution in [3.05, 3.63) is 70.2 Å². The summed E-state index contributed by atoms with van der Waals surface area (Å²) in [5.74, 6) is 0. The Kier molecular flexibility index (Phi) is 4.54. The first kappa shape index (κ1) is 13.1. The predicted octanol–water partition coefficient (Wildman–Crippen LogP) is 3.64.